The summed E-state index contributed by atoms with van der Waals surface area (Å²) >= 11 is 0. The number of carbonyl (C=O) groups is 1. The molecule has 0 atom stereocenters. The van der Waals surface area contributed by atoms with E-state index < -0.39 is 47.2 Å². The Labute approximate surface area is 212 Å². The van der Waals surface area contributed by atoms with Crippen LogP contribution in [0.25, 0.3) is 5.69 Å². The summed E-state index contributed by atoms with van der Waals surface area (Å²) in [5.74, 6) is -1.75. The number of hydrogen-bond acceptors (Lipinski definition) is 7. The molecule has 198 valence electrons. The average Bonchev–Trinajstić information content (AvgIpc) is 3.70. The first-order valence-corrected chi connectivity index (χ1v) is 11.2. The zero-order chi connectivity index (χ0) is 27.6. The molecular formula is C25H19F4N3O6. The van der Waals surface area contributed by atoms with Crippen LogP contribution in [0.5, 0.6) is 17.2 Å². The molecule has 0 unspecified atom stereocenters. The van der Waals surface area contributed by atoms with E-state index in [2.05, 4.69) is 0 Å². The highest BCUT2D eigenvalue weighted by molar-refractivity contribution is 5.71. The predicted octanol–water partition coefficient (Wildman–Crippen LogP) is 3.69. The van der Waals surface area contributed by atoms with Crippen LogP contribution >= 0.6 is 0 Å². The Kier molecular flexibility index (Phi) is 7.25. The van der Waals surface area contributed by atoms with Crippen molar-refractivity contribution < 1.29 is 36.6 Å². The molecule has 2 aromatic carbocycles. The Balaban J connectivity index is 1.68. The number of aromatic nitrogens is 2. The van der Waals surface area contributed by atoms with Crippen molar-refractivity contribution in [2.24, 2.45) is 13.0 Å². The van der Waals surface area contributed by atoms with Crippen LogP contribution < -0.4 is 20.7 Å². The molecule has 0 aliphatic heterocycles. The van der Waals surface area contributed by atoms with E-state index in [9.17, 15) is 37.2 Å². The smallest absolute Gasteiger partial charge is 0.431 e. The summed E-state index contributed by atoms with van der Waals surface area (Å²) in [7, 11) is 0.781. The van der Waals surface area contributed by atoms with Crippen LogP contribution in [0.1, 0.15) is 24.1 Å². The predicted molar refractivity (Wildman–Crippen MR) is 123 cm³/mol. The van der Waals surface area contributed by atoms with Crippen molar-refractivity contribution in [1.29, 1.82) is 5.26 Å². The van der Waals surface area contributed by atoms with Gasteiger partial charge in [0.05, 0.1) is 17.9 Å². The van der Waals surface area contributed by atoms with Gasteiger partial charge in [0.25, 0.3) is 5.56 Å². The molecule has 0 saturated heterocycles. The number of carbonyl (C=O) groups excluding carboxylic acids is 1. The Bertz CT molecular complexity index is 1550. The number of para-hydroxylation sites is 2. The number of benzene rings is 2. The van der Waals surface area contributed by atoms with Crippen molar-refractivity contribution in [2.75, 3.05) is 13.2 Å². The van der Waals surface area contributed by atoms with Crippen LogP contribution in [0.3, 0.4) is 0 Å². The van der Waals surface area contributed by atoms with Crippen molar-refractivity contribution in [1.82, 2.24) is 9.13 Å². The second-order valence-electron chi connectivity index (χ2n) is 8.42. The third-order valence-electron chi connectivity index (χ3n) is 5.61. The molecule has 0 radical (unpaired) electrons. The third kappa shape index (κ3) is 5.69. The fourth-order valence-electron chi connectivity index (χ4n) is 3.45. The summed E-state index contributed by atoms with van der Waals surface area (Å²) in [4.78, 5) is 37.0. The molecule has 1 aromatic heterocycles. The van der Waals surface area contributed by atoms with Gasteiger partial charge < -0.3 is 14.2 Å². The maximum Gasteiger partial charge on any atom is 0.431 e. The number of nitriles is 1. The number of esters is 1. The number of ether oxygens (including phenoxy) is 3. The van der Waals surface area contributed by atoms with Crippen LogP contribution in [0.2, 0.25) is 0 Å². The van der Waals surface area contributed by atoms with Gasteiger partial charge in [0.15, 0.2) is 18.1 Å². The summed E-state index contributed by atoms with van der Waals surface area (Å²) in [5.41, 5.74) is -5.51. The summed E-state index contributed by atoms with van der Waals surface area (Å²) < 4.78 is 71.0. The quantitative estimate of drug-likeness (QED) is 0.321. The van der Waals surface area contributed by atoms with Crippen molar-refractivity contribution in [3.63, 3.8) is 0 Å². The van der Waals surface area contributed by atoms with Gasteiger partial charge in [-0.25, -0.2) is 18.5 Å². The zero-order valence-electron chi connectivity index (χ0n) is 19.8. The van der Waals surface area contributed by atoms with E-state index in [1.807, 2.05) is 0 Å². The lowest BCUT2D eigenvalue weighted by Crippen LogP contribution is -2.41. The largest absolute Gasteiger partial charge is 0.478 e. The minimum atomic E-state index is -5.00. The highest BCUT2D eigenvalue weighted by Gasteiger charge is 2.35. The second kappa shape index (κ2) is 10.4. The minimum Gasteiger partial charge on any atom is -0.478 e. The van der Waals surface area contributed by atoms with Gasteiger partial charge in [-0.3, -0.25) is 9.36 Å². The lowest BCUT2D eigenvalue weighted by atomic mass is 10.1. The van der Waals surface area contributed by atoms with E-state index >= 15 is 0 Å². The SMILES string of the molecule is Cn1c(C(F)(F)F)cc(=O)n(-c2cc(Oc3ccccc3OCC(=O)OCC3CC3)c(C#N)cc2F)c1=O. The van der Waals surface area contributed by atoms with Crippen LogP contribution in [0, 0.1) is 23.1 Å². The first kappa shape index (κ1) is 26.5. The fraction of sp³-hybridized carbons (Fsp3) is 0.280. The molecule has 1 saturated carbocycles. The number of halogens is 4. The molecule has 0 amide bonds. The van der Waals surface area contributed by atoms with Gasteiger partial charge in [0.2, 0.25) is 0 Å². The molecular weight excluding hydrogens is 514 g/mol. The van der Waals surface area contributed by atoms with E-state index in [-0.39, 0.29) is 38.0 Å². The molecule has 3 aromatic rings. The van der Waals surface area contributed by atoms with Gasteiger partial charge in [-0.05, 0) is 37.0 Å². The normalized spacial score (nSPS) is 13.1. The molecule has 1 aliphatic rings. The van der Waals surface area contributed by atoms with Gasteiger partial charge in [-0.1, -0.05) is 12.1 Å². The topological polar surface area (TPSA) is 113 Å². The van der Waals surface area contributed by atoms with E-state index in [4.69, 9.17) is 14.2 Å². The molecule has 0 bridgehead atoms. The monoisotopic (exact) mass is 533 g/mol. The van der Waals surface area contributed by atoms with Gasteiger partial charge in [0.1, 0.15) is 23.3 Å². The van der Waals surface area contributed by atoms with Gasteiger partial charge in [0, 0.05) is 19.2 Å². The first-order valence-electron chi connectivity index (χ1n) is 11.2. The summed E-state index contributed by atoms with van der Waals surface area (Å²) in [6.07, 6.45) is -3.01. The standard InChI is InChI=1S/C25H19F4N3O6/c1-31-21(25(27,28)29)10-22(33)32(24(31)35)17-9-20(15(11-30)8-16(17)26)38-19-5-3-2-4-18(19)36-13-23(34)37-12-14-6-7-14/h2-5,8-10,14H,6-7,12-13H2,1H3. The highest BCUT2D eigenvalue weighted by atomic mass is 19.4. The van der Waals surface area contributed by atoms with Gasteiger partial charge >= 0.3 is 17.8 Å². The first-order chi connectivity index (χ1) is 18.0. The van der Waals surface area contributed by atoms with Crippen LogP contribution in [0.15, 0.2) is 52.1 Å². The van der Waals surface area contributed by atoms with Gasteiger partial charge in [-0.2, -0.15) is 18.4 Å². The molecule has 1 aliphatic carbocycles. The Morgan fingerprint density at radius 2 is 1.79 bits per heavy atom. The minimum absolute atomic E-state index is 0.00998. The van der Waals surface area contributed by atoms with Gasteiger partial charge in [-0.15, -0.1) is 0 Å². The fourth-order valence-corrected chi connectivity index (χ4v) is 3.45. The van der Waals surface area contributed by atoms with Crippen molar-refractivity contribution in [3.05, 3.63) is 80.4 Å². The van der Waals surface area contributed by atoms with Crippen LogP contribution in [-0.2, 0) is 22.8 Å². The highest BCUT2D eigenvalue weighted by Crippen LogP contribution is 2.35. The van der Waals surface area contributed by atoms with Crippen molar-refractivity contribution in [3.8, 4) is 29.0 Å². The number of hydrogen-bond donors (Lipinski definition) is 0. The molecule has 38 heavy (non-hydrogen) atoms. The molecule has 13 heteroatoms. The molecule has 0 spiro atoms. The molecule has 1 fully saturated rings. The lowest BCUT2D eigenvalue weighted by Gasteiger charge is -2.16. The maximum absolute atomic E-state index is 14.9. The van der Waals surface area contributed by atoms with E-state index in [0.29, 0.717) is 18.6 Å². The van der Waals surface area contributed by atoms with E-state index in [0.717, 1.165) is 26.0 Å². The number of alkyl halides is 3. The summed E-state index contributed by atoms with van der Waals surface area (Å²) in [6, 6.07) is 9.36. The van der Waals surface area contributed by atoms with E-state index in [1.165, 1.54) is 12.1 Å². The molecule has 0 N–H and O–H groups in total. The third-order valence-corrected chi connectivity index (χ3v) is 5.61. The van der Waals surface area contributed by atoms with Crippen molar-refractivity contribution in [2.45, 2.75) is 19.0 Å². The van der Waals surface area contributed by atoms with Crippen LogP contribution in [-0.4, -0.2) is 28.3 Å². The molecule has 9 nitrogen and oxygen atoms in total. The lowest BCUT2D eigenvalue weighted by molar-refractivity contribution is -0.146. The zero-order valence-corrected chi connectivity index (χ0v) is 19.8. The Hall–Kier alpha value is -4.60. The Morgan fingerprint density at radius 3 is 2.42 bits per heavy atom. The second-order valence-corrected chi connectivity index (χ2v) is 8.42. The van der Waals surface area contributed by atoms with Crippen LogP contribution in [0.4, 0.5) is 17.6 Å². The van der Waals surface area contributed by atoms with Crippen molar-refractivity contribution >= 4 is 5.97 Å². The Morgan fingerprint density at radius 1 is 1.11 bits per heavy atom. The number of rotatable bonds is 8. The summed E-state index contributed by atoms with van der Waals surface area (Å²) in [5, 5.41) is 9.47. The molecule has 1 heterocycles. The summed E-state index contributed by atoms with van der Waals surface area (Å²) in [6.45, 7) is -0.142. The average molecular weight is 533 g/mol. The molecule has 4 rings (SSSR count). The maximum atomic E-state index is 14.9. The number of nitrogens with zero attached hydrogens (tertiary/aromatic N) is 3. The van der Waals surface area contributed by atoms with E-state index in [1.54, 1.807) is 18.2 Å².